The molecule has 0 N–H and O–H groups in total. The molecule has 1 aliphatic heterocycles. The van der Waals surface area contributed by atoms with E-state index in [0.717, 1.165) is 19.3 Å². The Kier molecular flexibility index (Phi) is 7.55. The van der Waals surface area contributed by atoms with Crippen LogP contribution in [0.2, 0.25) is 0 Å². The van der Waals surface area contributed by atoms with Crippen LogP contribution in [0.3, 0.4) is 0 Å². The van der Waals surface area contributed by atoms with E-state index in [0.29, 0.717) is 41.7 Å². The Balaban J connectivity index is 0.00000272. The number of anilines is 1. The predicted molar refractivity (Wildman–Crippen MR) is 121 cm³/mol. The van der Waals surface area contributed by atoms with Crippen LogP contribution in [0.5, 0.6) is 0 Å². The fourth-order valence-electron chi connectivity index (χ4n) is 3.22. The number of para-hydroxylation sites is 1. The molecule has 31 heavy (non-hydrogen) atoms. The van der Waals surface area contributed by atoms with Crippen molar-refractivity contribution in [2.24, 2.45) is 0 Å². The summed E-state index contributed by atoms with van der Waals surface area (Å²) in [6.07, 6.45) is 5.54. The maximum absolute atomic E-state index is 13.2. The average Bonchev–Trinajstić information content (AvgIpc) is 3.18. The van der Waals surface area contributed by atoms with Crippen molar-refractivity contribution < 1.29 is 17.9 Å². The molecule has 166 valence electrons. The zero-order valence-electron chi connectivity index (χ0n) is 16.8. The Morgan fingerprint density at radius 1 is 1.26 bits per heavy atom. The molecule has 0 spiro atoms. The van der Waals surface area contributed by atoms with Crippen molar-refractivity contribution in [1.29, 1.82) is 0 Å². The molecule has 1 saturated heterocycles. The molecule has 9 nitrogen and oxygen atoms in total. The minimum absolute atomic E-state index is 0. The molecular weight excluding hydrogens is 462 g/mol. The SMILES string of the molecule is CS(=O)(=O)c1cccc2sc(N(CCN3CCOCC3)C(=O)c3cnccn3)nc12.Cl. The number of halogens is 1. The van der Waals surface area contributed by atoms with Gasteiger partial charge in [-0.2, -0.15) is 0 Å². The molecule has 0 radical (unpaired) electrons. The monoisotopic (exact) mass is 483 g/mol. The molecule has 0 unspecified atom stereocenters. The van der Waals surface area contributed by atoms with Crippen LogP contribution in [0.25, 0.3) is 10.2 Å². The number of fused-ring (bicyclic) bond motifs is 1. The lowest BCUT2D eigenvalue weighted by molar-refractivity contribution is 0.0391. The lowest BCUT2D eigenvalue weighted by Crippen LogP contribution is -2.43. The Labute approximate surface area is 190 Å². The number of benzene rings is 1. The number of hydrogen-bond donors (Lipinski definition) is 0. The summed E-state index contributed by atoms with van der Waals surface area (Å²) < 4.78 is 30.4. The minimum atomic E-state index is -3.45. The quantitative estimate of drug-likeness (QED) is 0.523. The van der Waals surface area contributed by atoms with E-state index in [1.54, 1.807) is 17.0 Å². The number of carbonyl (C=O) groups excluding carboxylic acids is 1. The van der Waals surface area contributed by atoms with Crippen molar-refractivity contribution in [1.82, 2.24) is 19.9 Å². The Morgan fingerprint density at radius 3 is 2.71 bits per heavy atom. The molecule has 0 aliphatic carbocycles. The number of hydrogen-bond acceptors (Lipinski definition) is 9. The van der Waals surface area contributed by atoms with E-state index in [-0.39, 0.29) is 28.9 Å². The lowest BCUT2D eigenvalue weighted by Gasteiger charge is -2.29. The number of morpholine rings is 1. The summed E-state index contributed by atoms with van der Waals surface area (Å²) in [4.78, 5) is 29.8. The smallest absolute Gasteiger partial charge is 0.280 e. The highest BCUT2D eigenvalue weighted by Crippen LogP contribution is 2.33. The van der Waals surface area contributed by atoms with Crippen molar-refractivity contribution in [2.75, 3.05) is 50.5 Å². The van der Waals surface area contributed by atoms with Gasteiger partial charge in [0, 0.05) is 44.8 Å². The molecule has 2 aromatic heterocycles. The normalized spacial score (nSPS) is 14.9. The number of ether oxygens (including phenoxy) is 1. The molecule has 0 saturated carbocycles. The number of carbonyl (C=O) groups is 1. The van der Waals surface area contributed by atoms with Crippen molar-refractivity contribution >= 4 is 54.8 Å². The maximum Gasteiger partial charge on any atom is 0.280 e. The van der Waals surface area contributed by atoms with E-state index in [1.165, 1.54) is 36.0 Å². The largest absolute Gasteiger partial charge is 0.379 e. The summed E-state index contributed by atoms with van der Waals surface area (Å²) in [6.45, 7) is 3.96. The third-order valence-electron chi connectivity index (χ3n) is 4.77. The highest BCUT2D eigenvalue weighted by molar-refractivity contribution is 7.91. The van der Waals surface area contributed by atoms with Crippen LogP contribution in [0.4, 0.5) is 5.13 Å². The molecule has 1 aromatic carbocycles. The van der Waals surface area contributed by atoms with Crippen molar-refractivity contribution in [3.05, 3.63) is 42.5 Å². The van der Waals surface area contributed by atoms with Gasteiger partial charge in [0.25, 0.3) is 5.91 Å². The van der Waals surface area contributed by atoms with E-state index < -0.39 is 9.84 Å². The maximum atomic E-state index is 13.2. The van der Waals surface area contributed by atoms with Crippen LogP contribution in [0.15, 0.2) is 41.7 Å². The van der Waals surface area contributed by atoms with E-state index in [2.05, 4.69) is 19.9 Å². The van der Waals surface area contributed by atoms with E-state index in [9.17, 15) is 13.2 Å². The molecule has 12 heteroatoms. The van der Waals surface area contributed by atoms with E-state index in [1.807, 2.05) is 0 Å². The topological polar surface area (TPSA) is 106 Å². The first-order chi connectivity index (χ1) is 14.4. The fourth-order valence-corrected chi connectivity index (χ4v) is 5.14. The molecule has 1 fully saturated rings. The van der Waals surface area contributed by atoms with Gasteiger partial charge in [-0.05, 0) is 12.1 Å². The second-order valence-electron chi connectivity index (χ2n) is 6.87. The van der Waals surface area contributed by atoms with Gasteiger partial charge in [0.2, 0.25) is 0 Å². The van der Waals surface area contributed by atoms with Gasteiger partial charge in [0.05, 0.1) is 29.0 Å². The Morgan fingerprint density at radius 2 is 2.03 bits per heavy atom. The van der Waals surface area contributed by atoms with Gasteiger partial charge in [-0.3, -0.25) is 19.6 Å². The first-order valence-electron chi connectivity index (χ1n) is 9.41. The Bertz CT molecular complexity index is 1150. The number of thiazole rings is 1. The Hall–Kier alpha value is -2.18. The van der Waals surface area contributed by atoms with Crippen molar-refractivity contribution in [2.45, 2.75) is 4.90 Å². The molecule has 1 aliphatic rings. The van der Waals surface area contributed by atoms with Crippen LogP contribution in [-0.2, 0) is 14.6 Å². The van der Waals surface area contributed by atoms with Crippen LogP contribution >= 0.6 is 23.7 Å². The molecule has 3 aromatic rings. The zero-order valence-corrected chi connectivity index (χ0v) is 19.3. The average molecular weight is 484 g/mol. The summed E-state index contributed by atoms with van der Waals surface area (Å²) in [6, 6.07) is 5.02. The second-order valence-corrected chi connectivity index (χ2v) is 9.87. The van der Waals surface area contributed by atoms with Crippen molar-refractivity contribution in [3.63, 3.8) is 0 Å². The lowest BCUT2D eigenvalue weighted by atomic mass is 10.3. The zero-order chi connectivity index (χ0) is 21.1. The fraction of sp³-hybridized carbons (Fsp3) is 0.368. The third kappa shape index (κ3) is 5.36. The van der Waals surface area contributed by atoms with Gasteiger partial charge in [-0.1, -0.05) is 17.4 Å². The van der Waals surface area contributed by atoms with Gasteiger partial charge in [0.1, 0.15) is 11.2 Å². The van der Waals surface area contributed by atoms with Gasteiger partial charge >= 0.3 is 0 Å². The van der Waals surface area contributed by atoms with E-state index >= 15 is 0 Å². The van der Waals surface area contributed by atoms with Gasteiger partial charge in [-0.15, -0.1) is 12.4 Å². The number of nitrogens with zero attached hydrogens (tertiary/aromatic N) is 5. The standard InChI is InChI=1S/C19H21N5O4S2.ClH/c1-30(26,27)16-4-2-3-15-17(16)22-19(29-15)24(8-7-23-9-11-28-12-10-23)18(25)14-13-20-5-6-21-14;/h2-6,13H,7-12H2,1H3;1H. The van der Waals surface area contributed by atoms with Crippen LogP contribution in [-0.4, -0.2) is 79.8 Å². The molecule has 3 heterocycles. The number of aromatic nitrogens is 3. The highest BCUT2D eigenvalue weighted by Gasteiger charge is 2.25. The summed E-state index contributed by atoms with van der Waals surface area (Å²) in [5.41, 5.74) is 0.588. The first-order valence-corrected chi connectivity index (χ1v) is 12.1. The summed E-state index contributed by atoms with van der Waals surface area (Å²) in [7, 11) is -3.45. The van der Waals surface area contributed by atoms with Crippen LogP contribution in [0, 0.1) is 0 Å². The van der Waals surface area contributed by atoms with Crippen LogP contribution in [0.1, 0.15) is 10.5 Å². The van der Waals surface area contributed by atoms with Gasteiger partial charge < -0.3 is 4.74 Å². The molecule has 0 bridgehead atoms. The number of amides is 1. The molecule has 0 atom stereocenters. The highest BCUT2D eigenvalue weighted by atomic mass is 35.5. The first kappa shape index (κ1) is 23.5. The molecule has 4 rings (SSSR count). The molecule has 1 amide bonds. The second kappa shape index (κ2) is 9.96. The number of rotatable bonds is 6. The summed E-state index contributed by atoms with van der Waals surface area (Å²) in [5, 5.41) is 0.435. The van der Waals surface area contributed by atoms with Gasteiger partial charge in [-0.25, -0.2) is 18.4 Å². The van der Waals surface area contributed by atoms with E-state index in [4.69, 9.17) is 4.74 Å². The van der Waals surface area contributed by atoms with Gasteiger partial charge in [0.15, 0.2) is 15.0 Å². The van der Waals surface area contributed by atoms with Crippen LogP contribution < -0.4 is 4.90 Å². The number of sulfone groups is 1. The molecular formula is C19H22ClN5O4S2. The predicted octanol–water partition coefficient (Wildman–Crippen LogP) is 1.89. The summed E-state index contributed by atoms with van der Waals surface area (Å²) in [5.74, 6) is -0.323. The third-order valence-corrected chi connectivity index (χ3v) is 6.94. The summed E-state index contributed by atoms with van der Waals surface area (Å²) >= 11 is 1.28. The minimum Gasteiger partial charge on any atom is -0.379 e. The van der Waals surface area contributed by atoms with Crippen molar-refractivity contribution in [3.8, 4) is 0 Å².